The van der Waals surface area contributed by atoms with E-state index >= 15 is 0 Å². The molecule has 2 N–H and O–H groups in total. The van der Waals surface area contributed by atoms with Crippen molar-refractivity contribution in [2.24, 2.45) is 5.92 Å². The van der Waals surface area contributed by atoms with Crippen molar-refractivity contribution in [1.82, 2.24) is 15.1 Å². The lowest BCUT2D eigenvalue weighted by Gasteiger charge is -2.28. The molecule has 1 heterocycles. The molecule has 1 aliphatic carbocycles. The number of phenols is 1. The third kappa shape index (κ3) is 4.78. The summed E-state index contributed by atoms with van der Waals surface area (Å²) in [6.07, 6.45) is 5.70. The number of nitriles is 1. The number of hydrogen-bond acceptors (Lipinski definition) is 4. The van der Waals surface area contributed by atoms with Crippen molar-refractivity contribution in [2.45, 2.75) is 31.7 Å². The van der Waals surface area contributed by atoms with Crippen molar-refractivity contribution in [2.75, 3.05) is 6.54 Å². The van der Waals surface area contributed by atoms with Gasteiger partial charge in [0, 0.05) is 23.7 Å². The lowest BCUT2D eigenvalue weighted by atomic mass is 9.86. The number of nitrogens with one attached hydrogen (secondary N) is 1. The van der Waals surface area contributed by atoms with Crippen molar-refractivity contribution < 1.29 is 18.7 Å². The molecule has 1 saturated carbocycles. The van der Waals surface area contributed by atoms with Crippen molar-refractivity contribution in [1.29, 1.82) is 5.26 Å². The van der Waals surface area contributed by atoms with E-state index < -0.39 is 23.3 Å². The van der Waals surface area contributed by atoms with Crippen LogP contribution < -0.4 is 5.32 Å². The molecule has 0 saturated heterocycles. The van der Waals surface area contributed by atoms with Crippen LogP contribution in [0.5, 0.6) is 5.75 Å². The lowest BCUT2D eigenvalue weighted by molar-refractivity contribution is 0.0940. The summed E-state index contributed by atoms with van der Waals surface area (Å²) in [5.41, 5.74) is 3.47. The number of hydrogen-bond donors (Lipinski definition) is 2. The zero-order valence-electron chi connectivity index (χ0n) is 19.4. The molecule has 182 valence electrons. The summed E-state index contributed by atoms with van der Waals surface area (Å²) in [7, 11) is 0. The van der Waals surface area contributed by atoms with Gasteiger partial charge in [0.15, 0.2) is 17.4 Å². The van der Waals surface area contributed by atoms with Crippen LogP contribution in [0.2, 0.25) is 0 Å². The van der Waals surface area contributed by atoms with E-state index in [4.69, 9.17) is 10.4 Å². The van der Waals surface area contributed by atoms with E-state index in [0.717, 1.165) is 59.8 Å². The van der Waals surface area contributed by atoms with E-state index in [9.17, 15) is 18.7 Å². The quantitative estimate of drug-likeness (QED) is 0.378. The third-order valence-electron chi connectivity index (χ3n) is 6.89. The van der Waals surface area contributed by atoms with Crippen LogP contribution in [0.4, 0.5) is 8.78 Å². The number of carbonyl (C=O) groups is 1. The molecule has 0 bridgehead atoms. The topological polar surface area (TPSA) is 90.9 Å². The molecule has 8 heteroatoms. The van der Waals surface area contributed by atoms with Gasteiger partial charge in [-0.2, -0.15) is 10.4 Å². The molecule has 0 aliphatic heterocycles. The number of carbonyl (C=O) groups excluding carboxylic acids is 1. The first-order valence-corrected chi connectivity index (χ1v) is 11.9. The number of fused-ring (bicyclic) bond motifs is 1. The first-order chi connectivity index (χ1) is 17.4. The normalized spacial score (nSPS) is 17.6. The average Bonchev–Trinajstić information content (AvgIpc) is 3.34. The Hall–Kier alpha value is -4.25. The van der Waals surface area contributed by atoms with Gasteiger partial charge in [0.2, 0.25) is 0 Å². The second-order valence-electron chi connectivity index (χ2n) is 9.24. The first-order valence-electron chi connectivity index (χ1n) is 11.9. The Balaban J connectivity index is 1.19. The van der Waals surface area contributed by atoms with E-state index in [0.29, 0.717) is 12.1 Å². The van der Waals surface area contributed by atoms with Gasteiger partial charge < -0.3 is 10.4 Å². The molecular formula is C28H24F2N4O2. The number of phenolic OH excluding ortho intramolecular Hbond substituents is 1. The second kappa shape index (κ2) is 9.78. The fraction of sp³-hybridized carbons (Fsp3) is 0.250. The predicted octanol–water partition coefficient (Wildman–Crippen LogP) is 5.72. The maximum Gasteiger partial charge on any atom is 0.251 e. The fourth-order valence-electron chi connectivity index (χ4n) is 4.79. The van der Waals surface area contributed by atoms with Crippen LogP contribution in [0, 0.1) is 28.9 Å². The Kier molecular flexibility index (Phi) is 6.38. The van der Waals surface area contributed by atoms with Crippen LogP contribution in [0.15, 0.2) is 60.8 Å². The number of halogens is 2. The highest BCUT2D eigenvalue weighted by molar-refractivity contribution is 5.94. The number of aromatic hydroxyl groups is 1. The van der Waals surface area contributed by atoms with Gasteiger partial charge in [-0.05, 0) is 73.1 Å². The summed E-state index contributed by atoms with van der Waals surface area (Å²) >= 11 is 0. The molecule has 5 rings (SSSR count). The standard InChI is InChI=1S/C28H24F2N4O2/c29-24-11-22(12-25(30)27(24)35)28(36)32-15-18-3-9-23(10-4-18)34-16-21-8-7-20(13-26(21)33-34)19-5-1-17(14-31)2-6-19/h1-2,5-8,11-13,16,18,23,35H,3-4,9-10,15H2,(H,32,36). The minimum absolute atomic E-state index is 0.153. The molecule has 4 aromatic rings. The monoisotopic (exact) mass is 486 g/mol. The lowest BCUT2D eigenvalue weighted by Crippen LogP contribution is -2.31. The van der Waals surface area contributed by atoms with Crippen LogP contribution in [-0.4, -0.2) is 27.3 Å². The Morgan fingerprint density at radius 1 is 1.03 bits per heavy atom. The number of nitrogens with zero attached hydrogens (tertiary/aromatic N) is 3. The molecule has 1 fully saturated rings. The molecule has 36 heavy (non-hydrogen) atoms. The van der Waals surface area contributed by atoms with Gasteiger partial charge in [0.1, 0.15) is 0 Å². The van der Waals surface area contributed by atoms with Crippen LogP contribution in [0.1, 0.15) is 47.6 Å². The summed E-state index contributed by atoms with van der Waals surface area (Å²) in [5, 5.41) is 26.8. The van der Waals surface area contributed by atoms with E-state index in [2.05, 4.69) is 35.8 Å². The first kappa shape index (κ1) is 23.5. The molecule has 0 spiro atoms. The van der Waals surface area contributed by atoms with Gasteiger partial charge in [0.25, 0.3) is 5.91 Å². The Bertz CT molecular complexity index is 1440. The minimum Gasteiger partial charge on any atom is -0.503 e. The van der Waals surface area contributed by atoms with Gasteiger partial charge in [-0.3, -0.25) is 9.48 Å². The molecule has 0 atom stereocenters. The smallest absolute Gasteiger partial charge is 0.251 e. The van der Waals surface area contributed by atoms with Crippen LogP contribution in [0.25, 0.3) is 22.0 Å². The summed E-state index contributed by atoms with van der Waals surface area (Å²) < 4.78 is 29.1. The number of benzene rings is 3. The van der Waals surface area contributed by atoms with Crippen LogP contribution in [0.3, 0.4) is 0 Å². The maximum absolute atomic E-state index is 13.5. The molecule has 0 radical (unpaired) electrons. The van der Waals surface area contributed by atoms with E-state index in [1.807, 2.05) is 16.8 Å². The van der Waals surface area contributed by atoms with E-state index in [1.54, 1.807) is 12.1 Å². The molecular weight excluding hydrogens is 462 g/mol. The zero-order valence-corrected chi connectivity index (χ0v) is 19.4. The average molecular weight is 487 g/mol. The third-order valence-corrected chi connectivity index (χ3v) is 6.89. The second-order valence-corrected chi connectivity index (χ2v) is 9.24. The Morgan fingerprint density at radius 3 is 2.36 bits per heavy atom. The van der Waals surface area contributed by atoms with E-state index in [1.165, 1.54) is 0 Å². The number of rotatable bonds is 5. The van der Waals surface area contributed by atoms with E-state index in [-0.39, 0.29) is 17.5 Å². The van der Waals surface area contributed by atoms with Gasteiger partial charge in [-0.1, -0.05) is 24.3 Å². The summed E-state index contributed by atoms with van der Waals surface area (Å²) in [4.78, 5) is 12.3. The van der Waals surface area contributed by atoms with Gasteiger partial charge in [0.05, 0.1) is 23.2 Å². The molecule has 1 aliphatic rings. The molecule has 0 unspecified atom stereocenters. The molecule has 1 aromatic heterocycles. The zero-order chi connectivity index (χ0) is 25.2. The van der Waals surface area contributed by atoms with Crippen molar-refractivity contribution in [3.05, 3.63) is 83.6 Å². The molecule has 3 aromatic carbocycles. The van der Waals surface area contributed by atoms with Crippen LogP contribution >= 0.6 is 0 Å². The number of aromatic nitrogens is 2. The minimum atomic E-state index is -1.16. The summed E-state index contributed by atoms with van der Waals surface area (Å²) in [5.74, 6) is -3.69. The number of amides is 1. The van der Waals surface area contributed by atoms with Crippen LogP contribution in [-0.2, 0) is 0 Å². The van der Waals surface area contributed by atoms with Crippen molar-refractivity contribution >= 4 is 16.8 Å². The Morgan fingerprint density at radius 2 is 1.69 bits per heavy atom. The van der Waals surface area contributed by atoms with Crippen molar-refractivity contribution in [3.63, 3.8) is 0 Å². The molecule has 1 amide bonds. The van der Waals surface area contributed by atoms with Gasteiger partial charge in [-0.15, -0.1) is 0 Å². The summed E-state index contributed by atoms with van der Waals surface area (Å²) in [6, 6.07) is 17.7. The highest BCUT2D eigenvalue weighted by Gasteiger charge is 2.24. The SMILES string of the molecule is N#Cc1ccc(-c2ccc3cn(C4CCC(CNC(=O)c5cc(F)c(O)c(F)c5)CC4)nc3c2)cc1. The predicted molar refractivity (Wildman–Crippen MR) is 131 cm³/mol. The highest BCUT2D eigenvalue weighted by atomic mass is 19.1. The summed E-state index contributed by atoms with van der Waals surface area (Å²) in [6.45, 7) is 0.421. The van der Waals surface area contributed by atoms with Gasteiger partial charge >= 0.3 is 0 Å². The largest absolute Gasteiger partial charge is 0.503 e. The molecule has 6 nitrogen and oxygen atoms in total. The Labute approximate surface area is 206 Å². The highest BCUT2D eigenvalue weighted by Crippen LogP contribution is 2.33. The van der Waals surface area contributed by atoms with Gasteiger partial charge in [-0.25, -0.2) is 8.78 Å². The maximum atomic E-state index is 13.5. The van der Waals surface area contributed by atoms with Crippen molar-refractivity contribution in [3.8, 4) is 22.9 Å². The fourth-order valence-corrected chi connectivity index (χ4v) is 4.79.